The van der Waals surface area contributed by atoms with Crippen LogP contribution >= 0.6 is 11.3 Å². The van der Waals surface area contributed by atoms with E-state index in [0.717, 1.165) is 25.6 Å². The first-order valence-electron chi connectivity index (χ1n) is 10.5. The monoisotopic (exact) mass is 491 g/mol. The third kappa shape index (κ3) is 4.30. The molecule has 0 aliphatic rings. The molecule has 0 saturated carbocycles. The van der Waals surface area contributed by atoms with Crippen molar-refractivity contribution < 1.29 is 13.2 Å². The molecule has 5 rings (SSSR count). The Morgan fingerprint density at radius 3 is 2.59 bits per heavy atom. The molecule has 34 heavy (non-hydrogen) atoms. The fraction of sp³-hybridized carbons (Fsp3) is 0.125. The summed E-state index contributed by atoms with van der Waals surface area (Å²) in [5, 5.41) is 3.14. The van der Waals surface area contributed by atoms with Crippen LogP contribution in [0.25, 0.3) is 32.6 Å². The van der Waals surface area contributed by atoms with E-state index in [0.29, 0.717) is 22.0 Å². The number of sulfonamides is 1. The molecule has 10 heteroatoms. The molecule has 0 fully saturated rings. The van der Waals surface area contributed by atoms with Gasteiger partial charge in [0.2, 0.25) is 15.9 Å². The van der Waals surface area contributed by atoms with Crippen LogP contribution in [-0.4, -0.2) is 47.2 Å². The Morgan fingerprint density at radius 1 is 1.03 bits per heavy atom. The summed E-state index contributed by atoms with van der Waals surface area (Å²) >= 11 is 1.35. The van der Waals surface area contributed by atoms with Crippen molar-refractivity contribution in [2.45, 2.75) is 11.8 Å². The van der Waals surface area contributed by atoms with Gasteiger partial charge in [0.1, 0.15) is 5.82 Å². The van der Waals surface area contributed by atoms with E-state index in [9.17, 15) is 13.2 Å². The summed E-state index contributed by atoms with van der Waals surface area (Å²) in [5.74, 6) is 0.194. The maximum atomic E-state index is 13.1. The number of carbonyl (C=O) groups is 1. The van der Waals surface area contributed by atoms with Crippen molar-refractivity contribution in [3.05, 3.63) is 72.3 Å². The Labute approximate surface area is 200 Å². The van der Waals surface area contributed by atoms with Crippen LogP contribution in [0, 0.1) is 6.92 Å². The van der Waals surface area contributed by atoms with Gasteiger partial charge in [-0.05, 0) is 42.8 Å². The molecule has 172 valence electrons. The number of nitrogens with zero attached hydrogens (tertiary/aromatic N) is 3. The molecule has 1 amide bonds. The summed E-state index contributed by atoms with van der Waals surface area (Å²) in [7, 11) is -2.52. The molecular formula is C24H21N5O3S2. The molecule has 2 N–H and O–H groups in total. The van der Waals surface area contributed by atoms with Gasteiger partial charge in [0.15, 0.2) is 5.13 Å². The number of hydrogen-bond donors (Lipinski definition) is 2. The SMILES string of the molecule is Cc1ccc2nc(NC(=O)CN(C)S(=O)(=O)c3ccc4nc(-c5ccccc5)[nH]c4c3)sc2c1. The molecule has 0 saturated heterocycles. The van der Waals surface area contributed by atoms with Crippen LogP contribution in [0.15, 0.2) is 71.6 Å². The van der Waals surface area contributed by atoms with Crippen molar-refractivity contribution in [3.63, 3.8) is 0 Å². The number of fused-ring (bicyclic) bond motifs is 2. The second-order valence-electron chi connectivity index (χ2n) is 7.93. The highest BCUT2D eigenvalue weighted by Gasteiger charge is 2.24. The zero-order valence-electron chi connectivity index (χ0n) is 18.4. The van der Waals surface area contributed by atoms with Crippen LogP contribution in [0.1, 0.15) is 5.56 Å². The minimum absolute atomic E-state index is 0.0778. The normalized spacial score (nSPS) is 12.0. The number of amides is 1. The number of rotatable bonds is 6. The molecule has 0 atom stereocenters. The zero-order chi connectivity index (χ0) is 23.9. The molecule has 3 aromatic carbocycles. The van der Waals surface area contributed by atoms with E-state index in [4.69, 9.17) is 0 Å². The van der Waals surface area contributed by atoms with E-state index >= 15 is 0 Å². The van der Waals surface area contributed by atoms with Gasteiger partial charge in [-0.25, -0.2) is 18.4 Å². The highest BCUT2D eigenvalue weighted by molar-refractivity contribution is 7.89. The Hall–Kier alpha value is -3.60. The van der Waals surface area contributed by atoms with Gasteiger partial charge < -0.3 is 10.3 Å². The maximum absolute atomic E-state index is 13.1. The van der Waals surface area contributed by atoms with Crippen LogP contribution in [0.4, 0.5) is 5.13 Å². The topological polar surface area (TPSA) is 108 Å². The Bertz CT molecular complexity index is 1620. The molecular weight excluding hydrogens is 470 g/mol. The molecule has 0 radical (unpaired) electrons. The summed E-state index contributed by atoms with van der Waals surface area (Å²) in [5.41, 5.74) is 4.05. The van der Waals surface area contributed by atoms with E-state index in [1.54, 1.807) is 6.07 Å². The first-order chi connectivity index (χ1) is 16.3. The van der Waals surface area contributed by atoms with Crippen molar-refractivity contribution >= 4 is 53.6 Å². The molecule has 0 aliphatic carbocycles. The van der Waals surface area contributed by atoms with E-state index in [1.807, 2.05) is 55.5 Å². The molecule has 0 spiro atoms. The van der Waals surface area contributed by atoms with Gasteiger partial charge in [0, 0.05) is 12.6 Å². The third-order valence-corrected chi connectivity index (χ3v) is 8.10. The van der Waals surface area contributed by atoms with E-state index < -0.39 is 15.9 Å². The molecule has 8 nitrogen and oxygen atoms in total. The van der Waals surface area contributed by atoms with Gasteiger partial charge in [-0.1, -0.05) is 47.7 Å². The fourth-order valence-electron chi connectivity index (χ4n) is 3.59. The van der Waals surface area contributed by atoms with Gasteiger partial charge in [0.05, 0.1) is 32.7 Å². The lowest BCUT2D eigenvalue weighted by Gasteiger charge is -2.16. The second-order valence-corrected chi connectivity index (χ2v) is 11.0. The number of benzene rings is 3. The van der Waals surface area contributed by atoms with Gasteiger partial charge in [-0.3, -0.25) is 4.79 Å². The molecule has 0 bridgehead atoms. The summed E-state index contributed by atoms with van der Waals surface area (Å²) in [4.78, 5) is 24.7. The van der Waals surface area contributed by atoms with Crippen molar-refractivity contribution in [1.29, 1.82) is 0 Å². The maximum Gasteiger partial charge on any atom is 0.243 e. The summed E-state index contributed by atoms with van der Waals surface area (Å²) < 4.78 is 28.2. The average Bonchev–Trinajstić information content (AvgIpc) is 3.42. The largest absolute Gasteiger partial charge is 0.338 e. The van der Waals surface area contributed by atoms with E-state index in [-0.39, 0.29) is 11.4 Å². The smallest absolute Gasteiger partial charge is 0.243 e. The van der Waals surface area contributed by atoms with Crippen molar-refractivity contribution in [1.82, 2.24) is 19.3 Å². The number of aromatic amines is 1. The number of hydrogen-bond acceptors (Lipinski definition) is 6. The first-order valence-corrected chi connectivity index (χ1v) is 12.7. The number of aromatic nitrogens is 3. The van der Waals surface area contributed by atoms with Gasteiger partial charge in [0.25, 0.3) is 0 Å². The van der Waals surface area contributed by atoms with Crippen molar-refractivity contribution in [2.75, 3.05) is 18.9 Å². The highest BCUT2D eigenvalue weighted by Crippen LogP contribution is 2.27. The van der Waals surface area contributed by atoms with Crippen LogP contribution < -0.4 is 5.32 Å². The lowest BCUT2D eigenvalue weighted by Crippen LogP contribution is -2.34. The average molecular weight is 492 g/mol. The van der Waals surface area contributed by atoms with Crippen LogP contribution in [0.2, 0.25) is 0 Å². The summed E-state index contributed by atoms with van der Waals surface area (Å²) in [6.45, 7) is 1.65. The molecule has 5 aromatic rings. The third-order valence-electron chi connectivity index (χ3n) is 5.37. The Balaban J connectivity index is 1.33. The standard InChI is InChI=1S/C24H21N5O3S2/c1-15-8-10-19-21(12-15)33-24(27-19)28-22(30)14-29(2)34(31,32)17-9-11-18-20(13-17)26-23(25-18)16-6-4-3-5-7-16/h3-13H,14H2,1-2H3,(H,25,26)(H,27,28,30). The predicted octanol–water partition coefficient (Wildman–Crippen LogP) is 4.41. The first kappa shape index (κ1) is 22.2. The van der Waals surface area contributed by atoms with Gasteiger partial charge in [-0.15, -0.1) is 0 Å². The van der Waals surface area contributed by atoms with Crippen LogP contribution in [-0.2, 0) is 14.8 Å². The lowest BCUT2D eigenvalue weighted by molar-refractivity contribution is -0.116. The van der Waals surface area contributed by atoms with Crippen LogP contribution in [0.3, 0.4) is 0 Å². The van der Waals surface area contributed by atoms with E-state index in [1.165, 1.54) is 30.5 Å². The predicted molar refractivity (Wildman–Crippen MR) is 134 cm³/mol. The molecule has 2 aromatic heterocycles. The van der Waals surface area contributed by atoms with Gasteiger partial charge >= 0.3 is 0 Å². The van der Waals surface area contributed by atoms with Crippen LogP contribution in [0.5, 0.6) is 0 Å². The van der Waals surface area contributed by atoms with Gasteiger partial charge in [-0.2, -0.15) is 4.31 Å². The van der Waals surface area contributed by atoms with Crippen molar-refractivity contribution in [2.24, 2.45) is 0 Å². The molecule has 0 unspecified atom stereocenters. The Morgan fingerprint density at radius 2 is 1.79 bits per heavy atom. The molecule has 0 aliphatic heterocycles. The molecule has 2 heterocycles. The number of H-pyrrole nitrogens is 1. The summed E-state index contributed by atoms with van der Waals surface area (Å²) in [6.07, 6.45) is 0. The number of likely N-dealkylation sites (N-methyl/N-ethyl adjacent to an activating group) is 1. The quantitative estimate of drug-likeness (QED) is 0.366. The van der Waals surface area contributed by atoms with E-state index in [2.05, 4.69) is 20.3 Å². The number of thiazole rings is 1. The Kier molecular flexibility index (Phi) is 5.64. The minimum atomic E-state index is -3.90. The summed E-state index contributed by atoms with van der Waals surface area (Å²) in [6, 6.07) is 20.1. The number of imidazole rings is 1. The zero-order valence-corrected chi connectivity index (χ0v) is 20.1. The number of aryl methyl sites for hydroxylation is 1. The number of carbonyl (C=O) groups excluding carboxylic acids is 1. The number of anilines is 1. The number of nitrogens with one attached hydrogen (secondary N) is 2. The van der Waals surface area contributed by atoms with Crippen molar-refractivity contribution in [3.8, 4) is 11.4 Å². The fourth-order valence-corrected chi connectivity index (χ4v) is 5.73. The minimum Gasteiger partial charge on any atom is -0.338 e. The lowest BCUT2D eigenvalue weighted by atomic mass is 10.2. The second kappa shape index (κ2) is 8.64. The highest BCUT2D eigenvalue weighted by atomic mass is 32.2.